The first kappa shape index (κ1) is 16.1. The van der Waals surface area contributed by atoms with Crippen molar-refractivity contribution in [2.24, 2.45) is 5.92 Å². The van der Waals surface area contributed by atoms with Crippen LogP contribution < -0.4 is 0 Å². The highest BCUT2D eigenvalue weighted by molar-refractivity contribution is 7.89. The largest absolute Gasteiger partial charge is 0.243 e. The number of halogens is 2. The molecule has 1 aliphatic heterocycles. The Morgan fingerprint density at radius 1 is 1.35 bits per heavy atom. The summed E-state index contributed by atoms with van der Waals surface area (Å²) in [7, 11) is -3.48. The monoisotopic (exact) mass is 335 g/mol. The Kier molecular flexibility index (Phi) is 5.00. The maximum Gasteiger partial charge on any atom is 0.243 e. The molecule has 1 heterocycles. The first-order valence-electron chi connectivity index (χ1n) is 6.74. The molecule has 1 aromatic carbocycles. The number of nitrogens with zero attached hydrogens (tertiary/aromatic N) is 1. The highest BCUT2D eigenvalue weighted by Gasteiger charge is 2.34. The minimum Gasteiger partial charge on any atom is -0.207 e. The van der Waals surface area contributed by atoms with Gasteiger partial charge in [0, 0.05) is 23.5 Å². The molecule has 1 saturated heterocycles. The molecular formula is C14H19Cl2NO2S. The fraction of sp³-hybridized carbons (Fsp3) is 0.571. The van der Waals surface area contributed by atoms with Gasteiger partial charge < -0.3 is 0 Å². The minimum atomic E-state index is -3.48. The summed E-state index contributed by atoms with van der Waals surface area (Å²) in [5.41, 5.74) is 0.645. The van der Waals surface area contributed by atoms with E-state index in [1.165, 1.54) is 0 Å². The van der Waals surface area contributed by atoms with E-state index in [-0.39, 0.29) is 16.8 Å². The molecule has 0 spiro atoms. The van der Waals surface area contributed by atoms with Crippen molar-refractivity contribution >= 4 is 33.2 Å². The summed E-state index contributed by atoms with van der Waals surface area (Å²) in [6.45, 7) is 4.64. The first-order chi connectivity index (χ1) is 9.37. The van der Waals surface area contributed by atoms with Crippen LogP contribution in [-0.2, 0) is 15.9 Å². The van der Waals surface area contributed by atoms with E-state index < -0.39 is 10.0 Å². The summed E-state index contributed by atoms with van der Waals surface area (Å²) in [5.74, 6) is 0.576. The topological polar surface area (TPSA) is 37.4 Å². The SMILES string of the molecule is CC1CCCN(S(=O)(=O)c2ccc(Cl)c(CCl)c2)C1C. The fourth-order valence-corrected chi connectivity index (χ4v) is 4.88. The molecule has 2 rings (SSSR count). The lowest BCUT2D eigenvalue weighted by atomic mass is 9.94. The predicted octanol–water partition coefficient (Wildman–Crippen LogP) is 3.89. The highest BCUT2D eigenvalue weighted by Crippen LogP contribution is 2.30. The second-order valence-corrected chi connectivity index (χ2v) is 7.93. The van der Waals surface area contributed by atoms with Crippen molar-refractivity contribution in [1.82, 2.24) is 4.31 Å². The molecule has 2 unspecified atom stereocenters. The molecule has 1 fully saturated rings. The second kappa shape index (κ2) is 6.22. The summed E-state index contributed by atoms with van der Waals surface area (Å²) in [6, 6.07) is 4.75. The molecular weight excluding hydrogens is 317 g/mol. The van der Waals surface area contributed by atoms with Gasteiger partial charge in [0.05, 0.1) is 4.90 Å². The van der Waals surface area contributed by atoms with Crippen molar-refractivity contribution < 1.29 is 8.42 Å². The maximum absolute atomic E-state index is 12.8. The van der Waals surface area contributed by atoms with Crippen LogP contribution in [0, 0.1) is 5.92 Å². The van der Waals surface area contributed by atoms with E-state index >= 15 is 0 Å². The number of alkyl halides is 1. The van der Waals surface area contributed by atoms with Crippen LogP contribution in [0.4, 0.5) is 0 Å². The van der Waals surface area contributed by atoms with Gasteiger partial charge in [0.15, 0.2) is 0 Å². The smallest absolute Gasteiger partial charge is 0.207 e. The number of piperidine rings is 1. The molecule has 1 aliphatic rings. The van der Waals surface area contributed by atoms with Crippen LogP contribution in [0.25, 0.3) is 0 Å². The van der Waals surface area contributed by atoms with E-state index in [4.69, 9.17) is 23.2 Å². The molecule has 0 aliphatic carbocycles. The average Bonchev–Trinajstić information content (AvgIpc) is 2.42. The van der Waals surface area contributed by atoms with Gasteiger partial charge in [-0.05, 0) is 49.4 Å². The van der Waals surface area contributed by atoms with Crippen molar-refractivity contribution in [3.05, 3.63) is 28.8 Å². The van der Waals surface area contributed by atoms with Gasteiger partial charge in [-0.1, -0.05) is 18.5 Å². The summed E-state index contributed by atoms with van der Waals surface area (Å²) in [6.07, 6.45) is 1.97. The standard InChI is InChI=1S/C14H19Cl2NO2S/c1-10-4-3-7-17(11(10)2)20(18,19)13-5-6-14(16)12(8-13)9-15/h5-6,8,10-11H,3-4,7,9H2,1-2H3. The molecule has 3 nitrogen and oxygen atoms in total. The van der Waals surface area contributed by atoms with Crippen LogP contribution in [0.1, 0.15) is 32.3 Å². The second-order valence-electron chi connectivity index (χ2n) is 5.36. The van der Waals surface area contributed by atoms with Crippen LogP contribution >= 0.6 is 23.2 Å². The van der Waals surface area contributed by atoms with Crippen molar-refractivity contribution in [3.8, 4) is 0 Å². The van der Waals surface area contributed by atoms with Crippen molar-refractivity contribution in [3.63, 3.8) is 0 Å². The molecule has 20 heavy (non-hydrogen) atoms. The van der Waals surface area contributed by atoms with E-state index in [0.29, 0.717) is 23.0 Å². The van der Waals surface area contributed by atoms with Crippen LogP contribution in [0.5, 0.6) is 0 Å². The van der Waals surface area contributed by atoms with E-state index in [2.05, 4.69) is 6.92 Å². The van der Waals surface area contributed by atoms with E-state index in [1.54, 1.807) is 22.5 Å². The number of benzene rings is 1. The van der Waals surface area contributed by atoms with Crippen LogP contribution in [-0.4, -0.2) is 25.3 Å². The zero-order valence-corrected chi connectivity index (χ0v) is 14.0. The number of sulfonamides is 1. The van der Waals surface area contributed by atoms with Gasteiger partial charge in [-0.25, -0.2) is 8.42 Å². The molecule has 0 amide bonds. The zero-order chi connectivity index (χ0) is 14.9. The minimum absolute atomic E-state index is 0.0175. The molecule has 0 aromatic heterocycles. The van der Waals surface area contributed by atoms with Crippen molar-refractivity contribution in [2.45, 2.75) is 43.5 Å². The molecule has 0 bridgehead atoms. The predicted molar refractivity (Wildman–Crippen MR) is 82.8 cm³/mol. The Hall–Kier alpha value is -0.290. The van der Waals surface area contributed by atoms with Gasteiger partial charge in [0.1, 0.15) is 0 Å². The van der Waals surface area contributed by atoms with Gasteiger partial charge in [-0.3, -0.25) is 0 Å². The molecule has 6 heteroatoms. The first-order valence-corrected chi connectivity index (χ1v) is 9.09. The van der Waals surface area contributed by atoms with E-state index in [9.17, 15) is 8.42 Å². The normalized spacial score (nSPS) is 24.8. The van der Waals surface area contributed by atoms with Gasteiger partial charge >= 0.3 is 0 Å². The van der Waals surface area contributed by atoms with Crippen molar-refractivity contribution in [1.29, 1.82) is 0 Å². The maximum atomic E-state index is 12.8. The van der Waals surface area contributed by atoms with Gasteiger partial charge in [0.25, 0.3) is 0 Å². The lowest BCUT2D eigenvalue weighted by molar-refractivity contribution is 0.202. The van der Waals surface area contributed by atoms with Crippen LogP contribution in [0.2, 0.25) is 5.02 Å². The lowest BCUT2D eigenvalue weighted by Crippen LogP contribution is -2.45. The molecule has 112 valence electrons. The molecule has 0 radical (unpaired) electrons. The Labute approximate surface area is 130 Å². The Morgan fingerprint density at radius 2 is 2.05 bits per heavy atom. The lowest BCUT2D eigenvalue weighted by Gasteiger charge is -2.36. The van der Waals surface area contributed by atoms with E-state index in [0.717, 1.165) is 12.8 Å². The van der Waals surface area contributed by atoms with Gasteiger partial charge in [-0.15, -0.1) is 11.6 Å². The number of hydrogen-bond donors (Lipinski definition) is 0. The third-order valence-electron chi connectivity index (χ3n) is 4.08. The summed E-state index contributed by atoms with van der Waals surface area (Å²) < 4.78 is 27.1. The molecule has 0 saturated carbocycles. The van der Waals surface area contributed by atoms with Gasteiger partial charge in [-0.2, -0.15) is 4.31 Å². The Morgan fingerprint density at radius 3 is 2.70 bits per heavy atom. The third kappa shape index (κ3) is 2.98. The number of rotatable bonds is 3. The average molecular weight is 336 g/mol. The van der Waals surface area contributed by atoms with Crippen molar-refractivity contribution in [2.75, 3.05) is 6.54 Å². The number of hydrogen-bond acceptors (Lipinski definition) is 2. The molecule has 2 atom stereocenters. The Bertz CT molecular complexity index is 589. The molecule has 0 N–H and O–H groups in total. The highest BCUT2D eigenvalue weighted by atomic mass is 35.5. The van der Waals surface area contributed by atoms with Crippen LogP contribution in [0.15, 0.2) is 23.1 Å². The quantitative estimate of drug-likeness (QED) is 0.786. The summed E-state index contributed by atoms with van der Waals surface area (Å²) >= 11 is 11.8. The Balaban J connectivity index is 2.39. The summed E-state index contributed by atoms with van der Waals surface area (Å²) in [4.78, 5) is 0.276. The third-order valence-corrected chi connectivity index (χ3v) is 6.72. The zero-order valence-electron chi connectivity index (χ0n) is 11.6. The van der Waals surface area contributed by atoms with Crippen LogP contribution in [0.3, 0.4) is 0 Å². The van der Waals surface area contributed by atoms with Gasteiger partial charge in [0.2, 0.25) is 10.0 Å². The van der Waals surface area contributed by atoms with E-state index in [1.807, 2.05) is 6.92 Å². The molecule has 1 aromatic rings. The summed E-state index contributed by atoms with van der Waals surface area (Å²) in [5, 5.41) is 0.499. The fourth-order valence-electron chi connectivity index (χ4n) is 2.59.